The maximum absolute atomic E-state index is 3.63. The molecule has 0 saturated carbocycles. The average molecular weight is 185 g/mol. The predicted molar refractivity (Wildman–Crippen MR) is 61.0 cm³/mol. The Kier molecular flexibility index (Phi) is 4.44. The van der Waals surface area contributed by atoms with Crippen LogP contribution in [0, 0.1) is 11.3 Å². The normalized spacial score (nSPS) is 13.8. The van der Waals surface area contributed by atoms with Crippen LogP contribution < -0.4 is 5.32 Å². The summed E-state index contributed by atoms with van der Waals surface area (Å²) in [4.78, 5) is 0. The fourth-order valence-electron chi connectivity index (χ4n) is 1.60. The second kappa shape index (κ2) is 4.45. The highest BCUT2D eigenvalue weighted by atomic mass is 15.0. The molecule has 0 aliphatic carbocycles. The standard InChI is InChI=1S/C12H27N/c1-10(2)8-12(6,7)13-9-11(3,4)5/h10,13H,8-9H2,1-7H3. The van der Waals surface area contributed by atoms with Gasteiger partial charge in [0.25, 0.3) is 0 Å². The Morgan fingerprint density at radius 2 is 1.46 bits per heavy atom. The summed E-state index contributed by atoms with van der Waals surface area (Å²) in [5.41, 5.74) is 0.662. The molecule has 80 valence electrons. The zero-order valence-corrected chi connectivity index (χ0v) is 10.5. The van der Waals surface area contributed by atoms with Crippen LogP contribution in [0.1, 0.15) is 54.9 Å². The Balaban J connectivity index is 3.89. The molecule has 0 rings (SSSR count). The van der Waals surface area contributed by atoms with Gasteiger partial charge < -0.3 is 5.32 Å². The van der Waals surface area contributed by atoms with Crippen molar-refractivity contribution in [1.29, 1.82) is 0 Å². The molecule has 1 heteroatoms. The van der Waals surface area contributed by atoms with Crippen molar-refractivity contribution in [3.05, 3.63) is 0 Å². The Labute approximate surface area is 84.3 Å². The molecule has 0 aromatic rings. The largest absolute Gasteiger partial charge is 0.311 e. The molecule has 0 aliphatic heterocycles. The molecule has 0 radical (unpaired) electrons. The van der Waals surface area contributed by atoms with E-state index in [4.69, 9.17) is 0 Å². The molecule has 0 aromatic heterocycles. The minimum Gasteiger partial charge on any atom is -0.311 e. The monoisotopic (exact) mass is 185 g/mol. The Morgan fingerprint density at radius 3 is 1.77 bits per heavy atom. The Bertz CT molecular complexity index is 140. The Hall–Kier alpha value is -0.0400. The number of rotatable bonds is 4. The van der Waals surface area contributed by atoms with Gasteiger partial charge in [-0.1, -0.05) is 34.6 Å². The highest BCUT2D eigenvalue weighted by Gasteiger charge is 2.21. The maximum atomic E-state index is 3.63. The van der Waals surface area contributed by atoms with E-state index in [0.29, 0.717) is 5.41 Å². The van der Waals surface area contributed by atoms with Crippen LogP contribution in [0.3, 0.4) is 0 Å². The lowest BCUT2D eigenvalue weighted by molar-refractivity contribution is 0.266. The molecule has 0 spiro atoms. The van der Waals surface area contributed by atoms with E-state index in [2.05, 4.69) is 53.8 Å². The zero-order chi connectivity index (χ0) is 10.7. The first kappa shape index (κ1) is 13.0. The van der Waals surface area contributed by atoms with Crippen LogP contribution in [0.4, 0.5) is 0 Å². The quantitative estimate of drug-likeness (QED) is 0.707. The van der Waals surface area contributed by atoms with E-state index in [0.717, 1.165) is 12.5 Å². The smallest absolute Gasteiger partial charge is 0.0127 e. The molecule has 0 aromatic carbocycles. The molecule has 0 unspecified atom stereocenters. The molecular weight excluding hydrogens is 158 g/mol. The third-order valence-electron chi connectivity index (χ3n) is 2.02. The lowest BCUT2D eigenvalue weighted by atomic mass is 9.90. The third kappa shape index (κ3) is 8.29. The van der Waals surface area contributed by atoms with Crippen LogP contribution in [-0.4, -0.2) is 12.1 Å². The van der Waals surface area contributed by atoms with Crippen molar-refractivity contribution in [3.63, 3.8) is 0 Å². The van der Waals surface area contributed by atoms with Gasteiger partial charge in [0, 0.05) is 12.1 Å². The topological polar surface area (TPSA) is 12.0 Å². The summed E-state index contributed by atoms with van der Waals surface area (Å²) < 4.78 is 0. The van der Waals surface area contributed by atoms with E-state index in [1.54, 1.807) is 0 Å². The third-order valence-corrected chi connectivity index (χ3v) is 2.02. The fourth-order valence-corrected chi connectivity index (χ4v) is 1.60. The first-order valence-electron chi connectivity index (χ1n) is 5.37. The molecule has 0 heterocycles. The van der Waals surface area contributed by atoms with Crippen molar-refractivity contribution in [3.8, 4) is 0 Å². The van der Waals surface area contributed by atoms with Crippen molar-refractivity contribution >= 4 is 0 Å². The van der Waals surface area contributed by atoms with Crippen LogP contribution >= 0.6 is 0 Å². The Morgan fingerprint density at radius 1 is 1.00 bits per heavy atom. The first-order chi connectivity index (χ1) is 5.62. The lowest BCUT2D eigenvalue weighted by Gasteiger charge is -2.32. The van der Waals surface area contributed by atoms with Gasteiger partial charge in [-0.3, -0.25) is 0 Å². The van der Waals surface area contributed by atoms with Gasteiger partial charge in [-0.2, -0.15) is 0 Å². The van der Waals surface area contributed by atoms with Crippen LogP contribution in [0.25, 0.3) is 0 Å². The summed E-state index contributed by atoms with van der Waals surface area (Å²) in [6.07, 6.45) is 1.24. The van der Waals surface area contributed by atoms with Crippen molar-refractivity contribution in [2.45, 2.75) is 60.4 Å². The first-order valence-corrected chi connectivity index (χ1v) is 5.37. The van der Waals surface area contributed by atoms with Crippen molar-refractivity contribution in [2.24, 2.45) is 11.3 Å². The van der Waals surface area contributed by atoms with E-state index >= 15 is 0 Å². The van der Waals surface area contributed by atoms with Gasteiger partial charge in [-0.25, -0.2) is 0 Å². The van der Waals surface area contributed by atoms with Gasteiger partial charge in [0.2, 0.25) is 0 Å². The second-order valence-electron chi connectivity index (χ2n) is 6.40. The van der Waals surface area contributed by atoms with Crippen molar-refractivity contribution in [1.82, 2.24) is 5.32 Å². The summed E-state index contributed by atoms with van der Waals surface area (Å²) in [7, 11) is 0. The summed E-state index contributed by atoms with van der Waals surface area (Å²) in [5, 5.41) is 3.63. The zero-order valence-electron chi connectivity index (χ0n) is 10.5. The molecule has 0 fully saturated rings. The molecule has 0 saturated heterocycles. The van der Waals surface area contributed by atoms with Gasteiger partial charge in [0.15, 0.2) is 0 Å². The molecule has 0 amide bonds. The average Bonchev–Trinajstić information content (AvgIpc) is 1.79. The van der Waals surface area contributed by atoms with Crippen LogP contribution in [0.15, 0.2) is 0 Å². The molecule has 13 heavy (non-hydrogen) atoms. The van der Waals surface area contributed by atoms with Crippen LogP contribution in [0.5, 0.6) is 0 Å². The molecule has 1 nitrogen and oxygen atoms in total. The predicted octanol–water partition coefficient (Wildman–Crippen LogP) is 3.45. The summed E-state index contributed by atoms with van der Waals surface area (Å²) >= 11 is 0. The van der Waals surface area contributed by atoms with Gasteiger partial charge in [0.1, 0.15) is 0 Å². The van der Waals surface area contributed by atoms with Crippen molar-refractivity contribution < 1.29 is 0 Å². The summed E-state index contributed by atoms with van der Waals surface area (Å²) in [6.45, 7) is 17.0. The van der Waals surface area contributed by atoms with Gasteiger partial charge >= 0.3 is 0 Å². The van der Waals surface area contributed by atoms with E-state index in [9.17, 15) is 0 Å². The minimum absolute atomic E-state index is 0.279. The van der Waals surface area contributed by atoms with E-state index in [1.807, 2.05) is 0 Å². The molecule has 0 atom stereocenters. The lowest BCUT2D eigenvalue weighted by Crippen LogP contribution is -2.44. The highest BCUT2D eigenvalue weighted by molar-refractivity contribution is 4.81. The van der Waals surface area contributed by atoms with Gasteiger partial charge in [-0.05, 0) is 31.6 Å². The number of hydrogen-bond donors (Lipinski definition) is 1. The minimum atomic E-state index is 0.279. The highest BCUT2D eigenvalue weighted by Crippen LogP contribution is 2.18. The molecule has 1 N–H and O–H groups in total. The summed E-state index contributed by atoms with van der Waals surface area (Å²) in [5.74, 6) is 0.766. The summed E-state index contributed by atoms with van der Waals surface area (Å²) in [6, 6.07) is 0. The number of hydrogen-bond acceptors (Lipinski definition) is 1. The van der Waals surface area contributed by atoms with Gasteiger partial charge in [0.05, 0.1) is 0 Å². The molecule has 0 aliphatic rings. The van der Waals surface area contributed by atoms with E-state index in [-0.39, 0.29) is 5.54 Å². The maximum Gasteiger partial charge on any atom is 0.0127 e. The molecule has 0 bridgehead atoms. The van der Waals surface area contributed by atoms with Crippen LogP contribution in [0.2, 0.25) is 0 Å². The van der Waals surface area contributed by atoms with E-state index < -0.39 is 0 Å². The molecular formula is C12H27N. The van der Waals surface area contributed by atoms with Gasteiger partial charge in [-0.15, -0.1) is 0 Å². The fraction of sp³-hybridized carbons (Fsp3) is 1.00. The SMILES string of the molecule is CC(C)CC(C)(C)NCC(C)(C)C. The van der Waals surface area contributed by atoms with Crippen molar-refractivity contribution in [2.75, 3.05) is 6.54 Å². The van der Waals surface area contributed by atoms with Crippen LogP contribution in [-0.2, 0) is 0 Å². The number of nitrogens with one attached hydrogen (secondary N) is 1. The second-order valence-corrected chi connectivity index (χ2v) is 6.40. The van der Waals surface area contributed by atoms with E-state index in [1.165, 1.54) is 6.42 Å².